The molecule has 0 amide bonds. The summed E-state index contributed by atoms with van der Waals surface area (Å²) in [6, 6.07) is 8.83. The van der Waals surface area contributed by atoms with Crippen LogP contribution in [0.1, 0.15) is 11.8 Å². The standard InChI is InChI=1S/C14H16N2O4S/c1-3-20-12-6-4-10(8-13(12)19-2)15-9-11-5-7-14(21-11)16(17)18/h4-8,15H,3,9H2,1-2H3. The molecule has 0 bridgehead atoms. The number of anilines is 1. The van der Waals surface area contributed by atoms with Gasteiger partial charge < -0.3 is 14.8 Å². The van der Waals surface area contributed by atoms with E-state index in [0.29, 0.717) is 24.7 Å². The molecule has 0 aliphatic heterocycles. The highest BCUT2D eigenvalue weighted by Crippen LogP contribution is 2.31. The largest absolute Gasteiger partial charge is 0.493 e. The highest BCUT2D eigenvalue weighted by atomic mass is 32.1. The summed E-state index contributed by atoms with van der Waals surface area (Å²) in [5.41, 5.74) is 0.867. The van der Waals surface area contributed by atoms with Gasteiger partial charge in [0.25, 0.3) is 0 Å². The number of benzene rings is 1. The van der Waals surface area contributed by atoms with Crippen molar-refractivity contribution in [1.82, 2.24) is 0 Å². The van der Waals surface area contributed by atoms with Crippen LogP contribution in [0.3, 0.4) is 0 Å². The minimum absolute atomic E-state index is 0.149. The Morgan fingerprint density at radius 3 is 2.71 bits per heavy atom. The second-order valence-electron chi connectivity index (χ2n) is 4.15. The van der Waals surface area contributed by atoms with Crippen LogP contribution >= 0.6 is 11.3 Å². The van der Waals surface area contributed by atoms with Gasteiger partial charge in [0.2, 0.25) is 0 Å². The number of thiophene rings is 1. The van der Waals surface area contributed by atoms with Crippen molar-refractivity contribution in [3.63, 3.8) is 0 Å². The maximum Gasteiger partial charge on any atom is 0.324 e. The SMILES string of the molecule is CCOc1ccc(NCc2ccc([N+](=O)[O-])s2)cc1OC. The van der Waals surface area contributed by atoms with Gasteiger partial charge in [-0.05, 0) is 25.1 Å². The maximum atomic E-state index is 10.6. The first kappa shape index (κ1) is 15.1. The lowest BCUT2D eigenvalue weighted by Gasteiger charge is -2.11. The minimum atomic E-state index is -0.381. The van der Waals surface area contributed by atoms with E-state index in [1.54, 1.807) is 13.2 Å². The molecule has 0 spiro atoms. The Labute approximate surface area is 126 Å². The van der Waals surface area contributed by atoms with Crippen molar-refractivity contribution in [2.45, 2.75) is 13.5 Å². The molecule has 1 heterocycles. The van der Waals surface area contributed by atoms with Crippen molar-refractivity contribution in [2.24, 2.45) is 0 Å². The zero-order valence-electron chi connectivity index (χ0n) is 11.8. The van der Waals surface area contributed by atoms with Crippen molar-refractivity contribution >= 4 is 22.0 Å². The number of nitrogens with zero attached hydrogens (tertiary/aromatic N) is 1. The number of methoxy groups -OCH3 is 1. The molecule has 7 heteroatoms. The zero-order valence-corrected chi connectivity index (χ0v) is 12.6. The van der Waals surface area contributed by atoms with Crippen molar-refractivity contribution < 1.29 is 14.4 Å². The summed E-state index contributed by atoms with van der Waals surface area (Å²) in [5, 5.41) is 14.0. The van der Waals surface area contributed by atoms with Gasteiger partial charge in [-0.1, -0.05) is 11.3 Å². The molecule has 112 valence electrons. The summed E-state index contributed by atoms with van der Waals surface area (Å²) in [7, 11) is 1.59. The van der Waals surface area contributed by atoms with Gasteiger partial charge in [0, 0.05) is 29.2 Å². The van der Waals surface area contributed by atoms with E-state index < -0.39 is 0 Å². The van der Waals surface area contributed by atoms with Crippen LogP contribution in [0.4, 0.5) is 10.7 Å². The second kappa shape index (κ2) is 6.94. The van der Waals surface area contributed by atoms with Gasteiger partial charge in [-0.3, -0.25) is 10.1 Å². The summed E-state index contributed by atoms with van der Waals surface area (Å²) in [6.07, 6.45) is 0. The van der Waals surface area contributed by atoms with E-state index in [9.17, 15) is 10.1 Å². The van der Waals surface area contributed by atoms with E-state index in [2.05, 4.69) is 5.32 Å². The summed E-state index contributed by atoms with van der Waals surface area (Å²) in [5.74, 6) is 1.34. The smallest absolute Gasteiger partial charge is 0.324 e. The number of hydrogen-bond acceptors (Lipinski definition) is 6. The van der Waals surface area contributed by atoms with Gasteiger partial charge in [-0.15, -0.1) is 0 Å². The third-order valence-electron chi connectivity index (χ3n) is 2.76. The number of ether oxygens (including phenoxy) is 2. The second-order valence-corrected chi connectivity index (χ2v) is 5.30. The Balaban J connectivity index is 2.03. The van der Waals surface area contributed by atoms with Crippen molar-refractivity contribution in [2.75, 3.05) is 19.0 Å². The number of rotatable bonds is 7. The van der Waals surface area contributed by atoms with Gasteiger partial charge in [0.1, 0.15) is 0 Å². The summed E-state index contributed by atoms with van der Waals surface area (Å²) < 4.78 is 10.7. The maximum absolute atomic E-state index is 10.6. The van der Waals surface area contributed by atoms with E-state index in [-0.39, 0.29) is 9.92 Å². The first-order valence-corrected chi connectivity index (χ1v) is 7.23. The summed E-state index contributed by atoms with van der Waals surface area (Å²) in [4.78, 5) is 11.2. The molecule has 0 atom stereocenters. The molecule has 0 radical (unpaired) electrons. The monoisotopic (exact) mass is 308 g/mol. The third-order valence-corrected chi connectivity index (χ3v) is 3.79. The number of hydrogen-bond donors (Lipinski definition) is 1. The molecule has 0 unspecified atom stereocenters. The topological polar surface area (TPSA) is 73.6 Å². The van der Waals surface area contributed by atoms with Crippen LogP contribution in [0.2, 0.25) is 0 Å². The Morgan fingerprint density at radius 1 is 1.29 bits per heavy atom. The molecule has 6 nitrogen and oxygen atoms in total. The average molecular weight is 308 g/mol. The van der Waals surface area contributed by atoms with E-state index in [1.807, 2.05) is 25.1 Å². The van der Waals surface area contributed by atoms with Gasteiger partial charge in [-0.25, -0.2) is 0 Å². The summed E-state index contributed by atoms with van der Waals surface area (Å²) in [6.45, 7) is 3.01. The van der Waals surface area contributed by atoms with Crippen molar-refractivity contribution in [1.29, 1.82) is 0 Å². The van der Waals surface area contributed by atoms with Gasteiger partial charge in [0.05, 0.1) is 18.6 Å². The number of nitro groups is 1. The molecule has 0 aliphatic rings. The third kappa shape index (κ3) is 3.85. The molecular weight excluding hydrogens is 292 g/mol. The van der Waals surface area contributed by atoms with Crippen LogP contribution in [0, 0.1) is 10.1 Å². The van der Waals surface area contributed by atoms with Crippen LogP contribution in [-0.4, -0.2) is 18.6 Å². The van der Waals surface area contributed by atoms with E-state index in [4.69, 9.17) is 9.47 Å². The molecule has 21 heavy (non-hydrogen) atoms. The molecule has 1 aromatic heterocycles. The Hall–Kier alpha value is -2.28. The van der Waals surface area contributed by atoms with Gasteiger partial charge in [0.15, 0.2) is 11.5 Å². The Morgan fingerprint density at radius 2 is 2.10 bits per heavy atom. The lowest BCUT2D eigenvalue weighted by Crippen LogP contribution is -1.99. The average Bonchev–Trinajstić information content (AvgIpc) is 2.95. The molecule has 0 aliphatic carbocycles. The molecule has 0 saturated carbocycles. The van der Waals surface area contributed by atoms with E-state index >= 15 is 0 Å². The molecule has 0 saturated heterocycles. The molecule has 1 aromatic carbocycles. The van der Waals surface area contributed by atoms with Gasteiger partial charge >= 0.3 is 5.00 Å². The van der Waals surface area contributed by atoms with Crippen LogP contribution in [0.5, 0.6) is 11.5 Å². The molecular formula is C14H16N2O4S. The molecule has 0 fully saturated rings. The highest BCUT2D eigenvalue weighted by Gasteiger charge is 2.10. The van der Waals surface area contributed by atoms with Crippen LogP contribution in [0.15, 0.2) is 30.3 Å². The van der Waals surface area contributed by atoms with Crippen LogP contribution in [0.25, 0.3) is 0 Å². The molecule has 1 N–H and O–H groups in total. The predicted molar refractivity (Wildman–Crippen MR) is 82.5 cm³/mol. The normalized spacial score (nSPS) is 10.2. The van der Waals surface area contributed by atoms with Crippen LogP contribution < -0.4 is 14.8 Å². The molecule has 2 aromatic rings. The Kier molecular flexibility index (Phi) is 4.99. The first-order valence-electron chi connectivity index (χ1n) is 6.42. The predicted octanol–water partition coefficient (Wildman–Crippen LogP) is 3.68. The highest BCUT2D eigenvalue weighted by molar-refractivity contribution is 7.15. The van der Waals surface area contributed by atoms with Crippen LogP contribution in [-0.2, 0) is 6.54 Å². The summed E-state index contributed by atoms with van der Waals surface area (Å²) >= 11 is 1.16. The van der Waals surface area contributed by atoms with E-state index in [1.165, 1.54) is 6.07 Å². The first-order chi connectivity index (χ1) is 10.1. The van der Waals surface area contributed by atoms with Crippen molar-refractivity contribution in [3.8, 4) is 11.5 Å². The quantitative estimate of drug-likeness (QED) is 0.624. The Bertz CT molecular complexity index is 627. The van der Waals surface area contributed by atoms with E-state index in [0.717, 1.165) is 21.9 Å². The zero-order chi connectivity index (χ0) is 15.2. The van der Waals surface area contributed by atoms with Gasteiger partial charge in [-0.2, -0.15) is 0 Å². The lowest BCUT2D eigenvalue weighted by molar-refractivity contribution is -0.380. The number of nitrogens with one attached hydrogen (secondary N) is 1. The minimum Gasteiger partial charge on any atom is -0.493 e. The fraction of sp³-hybridized carbons (Fsp3) is 0.286. The van der Waals surface area contributed by atoms with Crippen molar-refractivity contribution in [3.05, 3.63) is 45.3 Å². The fourth-order valence-electron chi connectivity index (χ4n) is 1.80. The molecule has 2 rings (SSSR count). The fourth-order valence-corrected chi connectivity index (χ4v) is 2.56. The lowest BCUT2D eigenvalue weighted by atomic mass is 10.2.